The molecule has 1 heterocycles. The van der Waals surface area contributed by atoms with Gasteiger partial charge in [-0.1, -0.05) is 51.1 Å². The molecule has 22 heavy (non-hydrogen) atoms. The average Bonchev–Trinajstić information content (AvgIpc) is 2.95. The SMILES string of the molecule is CC(C)(C)c1csc(CN(CCN)CCc2ccccc2)n1. The van der Waals surface area contributed by atoms with Gasteiger partial charge in [-0.2, -0.15) is 0 Å². The van der Waals surface area contributed by atoms with E-state index in [2.05, 4.69) is 61.4 Å². The molecule has 0 fully saturated rings. The van der Waals surface area contributed by atoms with E-state index in [1.165, 1.54) is 16.3 Å². The van der Waals surface area contributed by atoms with Crippen LogP contribution in [-0.4, -0.2) is 29.5 Å². The molecule has 0 aliphatic heterocycles. The lowest BCUT2D eigenvalue weighted by Crippen LogP contribution is -2.31. The van der Waals surface area contributed by atoms with Gasteiger partial charge in [-0.05, 0) is 12.0 Å². The third kappa shape index (κ3) is 5.20. The lowest BCUT2D eigenvalue weighted by Gasteiger charge is -2.20. The molecule has 0 bridgehead atoms. The van der Waals surface area contributed by atoms with Crippen LogP contribution < -0.4 is 5.73 Å². The highest BCUT2D eigenvalue weighted by Crippen LogP contribution is 2.24. The molecule has 1 aromatic heterocycles. The maximum Gasteiger partial charge on any atom is 0.107 e. The van der Waals surface area contributed by atoms with Crippen LogP contribution in [0.5, 0.6) is 0 Å². The summed E-state index contributed by atoms with van der Waals surface area (Å²) in [6.07, 6.45) is 1.05. The Hall–Kier alpha value is -1.23. The van der Waals surface area contributed by atoms with Crippen molar-refractivity contribution in [2.75, 3.05) is 19.6 Å². The van der Waals surface area contributed by atoms with E-state index in [1.54, 1.807) is 11.3 Å². The van der Waals surface area contributed by atoms with E-state index >= 15 is 0 Å². The van der Waals surface area contributed by atoms with Gasteiger partial charge in [0.2, 0.25) is 0 Å². The minimum Gasteiger partial charge on any atom is -0.329 e. The van der Waals surface area contributed by atoms with Gasteiger partial charge >= 0.3 is 0 Å². The van der Waals surface area contributed by atoms with Gasteiger partial charge in [-0.25, -0.2) is 4.98 Å². The maximum absolute atomic E-state index is 5.77. The minimum atomic E-state index is 0.123. The summed E-state index contributed by atoms with van der Waals surface area (Å²) in [4.78, 5) is 7.20. The predicted molar refractivity (Wildman–Crippen MR) is 95.3 cm³/mol. The predicted octanol–water partition coefficient (Wildman–Crippen LogP) is 3.44. The fraction of sp³-hybridized carbons (Fsp3) is 0.500. The van der Waals surface area contributed by atoms with Gasteiger partial charge in [-0.15, -0.1) is 11.3 Å². The fourth-order valence-electron chi connectivity index (χ4n) is 2.30. The van der Waals surface area contributed by atoms with Crippen molar-refractivity contribution < 1.29 is 0 Å². The van der Waals surface area contributed by atoms with Gasteiger partial charge < -0.3 is 5.73 Å². The Morgan fingerprint density at radius 2 is 1.86 bits per heavy atom. The number of aromatic nitrogens is 1. The summed E-state index contributed by atoms with van der Waals surface area (Å²) < 4.78 is 0. The highest BCUT2D eigenvalue weighted by Gasteiger charge is 2.18. The Balaban J connectivity index is 1.95. The van der Waals surface area contributed by atoms with E-state index in [9.17, 15) is 0 Å². The molecule has 0 spiro atoms. The molecule has 0 aliphatic rings. The second kappa shape index (κ2) is 7.86. The van der Waals surface area contributed by atoms with Crippen molar-refractivity contribution in [1.29, 1.82) is 0 Å². The third-order valence-corrected chi connectivity index (χ3v) is 4.52. The van der Waals surface area contributed by atoms with E-state index in [-0.39, 0.29) is 5.41 Å². The van der Waals surface area contributed by atoms with Crippen LogP contribution in [0.3, 0.4) is 0 Å². The Labute approximate surface area is 138 Å². The van der Waals surface area contributed by atoms with Gasteiger partial charge in [0.25, 0.3) is 0 Å². The molecule has 0 unspecified atom stereocenters. The van der Waals surface area contributed by atoms with Gasteiger partial charge in [0.1, 0.15) is 5.01 Å². The molecule has 2 N–H and O–H groups in total. The lowest BCUT2D eigenvalue weighted by molar-refractivity contribution is 0.275. The van der Waals surface area contributed by atoms with Crippen molar-refractivity contribution in [2.24, 2.45) is 5.73 Å². The Morgan fingerprint density at radius 3 is 2.45 bits per heavy atom. The van der Waals surface area contributed by atoms with E-state index in [4.69, 9.17) is 10.7 Å². The van der Waals surface area contributed by atoms with Crippen LogP contribution in [-0.2, 0) is 18.4 Å². The third-order valence-electron chi connectivity index (χ3n) is 3.68. The van der Waals surface area contributed by atoms with E-state index < -0.39 is 0 Å². The van der Waals surface area contributed by atoms with Crippen molar-refractivity contribution in [3.8, 4) is 0 Å². The van der Waals surface area contributed by atoms with Crippen molar-refractivity contribution in [3.63, 3.8) is 0 Å². The van der Waals surface area contributed by atoms with Gasteiger partial charge in [-0.3, -0.25) is 4.90 Å². The molecule has 0 radical (unpaired) electrons. The number of nitrogens with zero attached hydrogens (tertiary/aromatic N) is 2. The number of benzene rings is 1. The van der Waals surface area contributed by atoms with Crippen LogP contribution in [0.15, 0.2) is 35.7 Å². The quantitative estimate of drug-likeness (QED) is 0.850. The molecule has 0 saturated heterocycles. The second-order valence-electron chi connectivity index (χ2n) is 6.68. The van der Waals surface area contributed by atoms with Crippen molar-refractivity contribution in [3.05, 3.63) is 52.0 Å². The number of hydrogen-bond donors (Lipinski definition) is 1. The zero-order chi connectivity index (χ0) is 16.0. The summed E-state index contributed by atoms with van der Waals surface area (Å²) >= 11 is 1.76. The Bertz CT molecular complexity index is 557. The first-order chi connectivity index (χ1) is 10.5. The highest BCUT2D eigenvalue weighted by atomic mass is 32.1. The monoisotopic (exact) mass is 317 g/mol. The molecule has 0 atom stereocenters. The molecule has 1 aromatic carbocycles. The molecule has 2 rings (SSSR count). The molecule has 0 aliphatic carbocycles. The number of hydrogen-bond acceptors (Lipinski definition) is 4. The average molecular weight is 318 g/mol. The molecule has 120 valence electrons. The number of nitrogens with two attached hydrogens (primary N) is 1. The summed E-state index contributed by atoms with van der Waals surface area (Å²) in [6.45, 7) is 10.1. The fourth-order valence-corrected chi connectivity index (χ4v) is 3.37. The zero-order valence-corrected chi connectivity index (χ0v) is 14.7. The van der Waals surface area contributed by atoms with Crippen LogP contribution in [0.4, 0.5) is 0 Å². The van der Waals surface area contributed by atoms with Crippen LogP contribution >= 0.6 is 11.3 Å². The Kier molecular flexibility index (Phi) is 6.12. The normalized spacial score (nSPS) is 12.0. The number of rotatable bonds is 7. The summed E-state index contributed by atoms with van der Waals surface area (Å²) in [7, 11) is 0. The minimum absolute atomic E-state index is 0.123. The molecule has 0 saturated carbocycles. The van der Waals surface area contributed by atoms with Crippen molar-refractivity contribution in [1.82, 2.24) is 9.88 Å². The van der Waals surface area contributed by atoms with Crippen LogP contribution in [0.25, 0.3) is 0 Å². The molecule has 4 heteroatoms. The molecule has 2 aromatic rings. The van der Waals surface area contributed by atoms with Crippen molar-refractivity contribution >= 4 is 11.3 Å². The van der Waals surface area contributed by atoms with Gasteiger partial charge in [0, 0.05) is 30.4 Å². The summed E-state index contributed by atoms with van der Waals surface area (Å²) in [6, 6.07) is 10.6. The van der Waals surface area contributed by atoms with Gasteiger partial charge in [0.15, 0.2) is 0 Å². The van der Waals surface area contributed by atoms with E-state index in [0.29, 0.717) is 6.54 Å². The molecular weight excluding hydrogens is 290 g/mol. The van der Waals surface area contributed by atoms with Crippen LogP contribution in [0.2, 0.25) is 0 Å². The lowest BCUT2D eigenvalue weighted by atomic mass is 9.93. The summed E-state index contributed by atoms with van der Waals surface area (Å²) in [5, 5.41) is 3.37. The van der Waals surface area contributed by atoms with E-state index in [1.807, 2.05) is 0 Å². The molecular formula is C18H27N3S. The zero-order valence-electron chi connectivity index (χ0n) is 13.9. The van der Waals surface area contributed by atoms with Gasteiger partial charge in [0.05, 0.1) is 12.2 Å². The first kappa shape index (κ1) is 17.1. The van der Waals surface area contributed by atoms with Crippen LogP contribution in [0.1, 0.15) is 37.0 Å². The topological polar surface area (TPSA) is 42.1 Å². The summed E-state index contributed by atoms with van der Waals surface area (Å²) in [5.41, 5.74) is 8.45. The largest absolute Gasteiger partial charge is 0.329 e. The van der Waals surface area contributed by atoms with Crippen molar-refractivity contribution in [2.45, 2.75) is 39.2 Å². The first-order valence-corrected chi connectivity index (χ1v) is 8.78. The first-order valence-electron chi connectivity index (χ1n) is 7.90. The van der Waals surface area contributed by atoms with E-state index in [0.717, 1.165) is 26.1 Å². The smallest absolute Gasteiger partial charge is 0.107 e. The standard InChI is InChI=1S/C18H27N3S/c1-18(2,3)16-14-22-17(20-16)13-21(12-10-19)11-9-15-7-5-4-6-8-15/h4-8,14H,9-13,19H2,1-3H3. The number of thiazole rings is 1. The Morgan fingerprint density at radius 1 is 1.14 bits per heavy atom. The second-order valence-corrected chi connectivity index (χ2v) is 7.62. The highest BCUT2D eigenvalue weighted by molar-refractivity contribution is 7.09. The molecule has 0 amide bonds. The molecule has 3 nitrogen and oxygen atoms in total. The maximum atomic E-state index is 5.77. The summed E-state index contributed by atoms with van der Waals surface area (Å²) in [5.74, 6) is 0. The van der Waals surface area contributed by atoms with Crippen LogP contribution in [0, 0.1) is 0 Å².